The number of alkyl carbamates (subject to hydrolysis) is 1. The molecule has 13 heteroatoms. The van der Waals surface area contributed by atoms with E-state index in [0.29, 0.717) is 54.6 Å². The highest BCUT2D eigenvalue weighted by molar-refractivity contribution is 5.68. The largest absolute Gasteiger partial charge is 0.446 e. The van der Waals surface area contributed by atoms with Crippen LogP contribution in [0.5, 0.6) is 0 Å². The number of hydrogen-bond acceptors (Lipinski definition) is 7. The predicted octanol–water partition coefficient (Wildman–Crippen LogP) is 4.25. The van der Waals surface area contributed by atoms with Gasteiger partial charge < -0.3 is 20.1 Å². The van der Waals surface area contributed by atoms with Crippen molar-refractivity contribution < 1.29 is 27.4 Å². The number of nitrogens with zero attached hydrogens (tertiary/aromatic N) is 4. The van der Waals surface area contributed by atoms with Gasteiger partial charge >= 0.3 is 12.3 Å². The monoisotopic (exact) mass is 505 g/mol. The maximum absolute atomic E-state index is 13.2. The van der Waals surface area contributed by atoms with Crippen molar-refractivity contribution in [2.24, 2.45) is 7.05 Å². The average Bonchev–Trinajstić information content (AvgIpc) is 3.55. The third-order valence-corrected chi connectivity index (χ3v) is 6.28. The van der Waals surface area contributed by atoms with Crippen molar-refractivity contribution in [1.29, 1.82) is 0 Å². The van der Waals surface area contributed by atoms with E-state index in [9.17, 15) is 18.0 Å². The van der Waals surface area contributed by atoms with Crippen LogP contribution in [0, 0.1) is 0 Å². The fraction of sp³-hybridized carbons (Fsp3) is 0.478. The van der Waals surface area contributed by atoms with Gasteiger partial charge in [-0.25, -0.2) is 9.78 Å². The molecule has 2 aliphatic rings. The van der Waals surface area contributed by atoms with Gasteiger partial charge in [-0.1, -0.05) is 0 Å². The molecule has 0 aromatic carbocycles. The van der Waals surface area contributed by atoms with Gasteiger partial charge in [0.05, 0.1) is 18.0 Å². The molecule has 0 radical (unpaired) electrons. The van der Waals surface area contributed by atoms with Crippen LogP contribution < -0.4 is 10.6 Å². The van der Waals surface area contributed by atoms with E-state index in [1.165, 1.54) is 11.7 Å². The molecule has 3 aromatic rings. The molecule has 1 amide bonds. The number of alkyl halides is 3. The van der Waals surface area contributed by atoms with E-state index in [1.54, 1.807) is 12.1 Å². The molecule has 192 valence electrons. The van der Waals surface area contributed by atoms with Gasteiger partial charge in [0.1, 0.15) is 11.9 Å². The standard InChI is InChI=1S/C23H26F3N7O3/c1-33-18(11-19(32-33)23(24,25)26)14-7-15-12-35-6-2-5-27-22(34)36-16-4-3-13(8-16)17-10-21(31-30-17)29-20(9-14)28-15/h7,9-11,13,16H,2-6,8,12H2,1H3,(H,27,34)(H2,28,29,30,31)/t13-,16+/m0/s1. The molecule has 1 aliphatic carbocycles. The van der Waals surface area contributed by atoms with Crippen molar-refractivity contribution in [2.75, 3.05) is 18.5 Å². The van der Waals surface area contributed by atoms with Gasteiger partial charge in [-0.3, -0.25) is 9.78 Å². The summed E-state index contributed by atoms with van der Waals surface area (Å²) in [5, 5.41) is 16.9. The maximum atomic E-state index is 13.2. The van der Waals surface area contributed by atoms with Crippen LogP contribution in [0.25, 0.3) is 11.3 Å². The molecule has 3 aromatic heterocycles. The smallest absolute Gasteiger partial charge is 0.435 e. The molecular weight excluding hydrogens is 479 g/mol. The van der Waals surface area contributed by atoms with Crippen molar-refractivity contribution in [3.05, 3.63) is 41.3 Å². The summed E-state index contributed by atoms with van der Waals surface area (Å²) in [6.07, 6.45) is -2.28. The van der Waals surface area contributed by atoms with Crippen LogP contribution >= 0.6 is 0 Å². The number of aromatic amines is 1. The molecule has 1 saturated carbocycles. The van der Waals surface area contributed by atoms with Crippen molar-refractivity contribution in [3.8, 4) is 11.3 Å². The van der Waals surface area contributed by atoms with Gasteiger partial charge in [-0.15, -0.1) is 0 Å². The summed E-state index contributed by atoms with van der Waals surface area (Å²) in [5.41, 5.74) is 1.26. The number of nitrogens with one attached hydrogen (secondary N) is 3. The Labute approximate surface area is 204 Å². The number of carbonyl (C=O) groups excluding carboxylic acids is 1. The summed E-state index contributed by atoms with van der Waals surface area (Å²) in [5.74, 6) is 1.11. The Balaban J connectivity index is 1.45. The second-order valence-electron chi connectivity index (χ2n) is 8.97. The minimum absolute atomic E-state index is 0.132. The van der Waals surface area contributed by atoms with Crippen molar-refractivity contribution in [1.82, 2.24) is 30.3 Å². The molecule has 3 N–H and O–H groups in total. The molecule has 10 nitrogen and oxygen atoms in total. The zero-order chi connectivity index (χ0) is 25.3. The first-order chi connectivity index (χ1) is 17.2. The molecular formula is C23H26F3N7O3. The first kappa shape index (κ1) is 24.1. The molecule has 0 spiro atoms. The van der Waals surface area contributed by atoms with Crippen molar-refractivity contribution in [3.63, 3.8) is 0 Å². The van der Waals surface area contributed by atoms with Crippen LogP contribution in [0.4, 0.5) is 29.6 Å². The first-order valence-corrected chi connectivity index (χ1v) is 11.7. The van der Waals surface area contributed by atoms with E-state index in [1.807, 2.05) is 6.07 Å². The Morgan fingerprint density at radius 2 is 2.00 bits per heavy atom. The number of aromatic nitrogens is 5. The minimum atomic E-state index is -4.55. The number of amides is 1. The number of H-pyrrole nitrogens is 1. The Bertz CT molecular complexity index is 1240. The minimum Gasteiger partial charge on any atom is -0.446 e. The number of fused-ring (bicyclic) bond motifs is 7. The molecule has 2 atom stereocenters. The lowest BCUT2D eigenvalue weighted by Gasteiger charge is -2.13. The second-order valence-corrected chi connectivity index (χ2v) is 8.97. The van der Waals surface area contributed by atoms with Gasteiger partial charge in [-0.05, 0) is 43.9 Å². The van der Waals surface area contributed by atoms with E-state index >= 15 is 0 Å². The third-order valence-electron chi connectivity index (χ3n) is 6.28. The SMILES string of the molecule is Cn1nc(C(F)(F)F)cc1-c1cc2nc(c1)Nc1cc([nH]n1)[C@H]1CC[C@H](C1)OC(=O)NCCCOC2. The van der Waals surface area contributed by atoms with Gasteiger partial charge in [0, 0.05) is 43.4 Å². The fourth-order valence-electron chi connectivity index (χ4n) is 4.55. The van der Waals surface area contributed by atoms with Gasteiger partial charge in [-0.2, -0.15) is 23.4 Å². The zero-order valence-electron chi connectivity index (χ0n) is 19.6. The summed E-state index contributed by atoms with van der Waals surface area (Å²) in [4.78, 5) is 16.6. The topological polar surface area (TPSA) is 119 Å². The number of carbonyl (C=O) groups is 1. The summed E-state index contributed by atoms with van der Waals surface area (Å²) in [6.45, 7) is 0.883. The van der Waals surface area contributed by atoms with Crippen LogP contribution in [0.1, 0.15) is 48.7 Å². The van der Waals surface area contributed by atoms with Crippen molar-refractivity contribution in [2.45, 2.75) is 50.5 Å². The fourth-order valence-corrected chi connectivity index (χ4v) is 4.55. The van der Waals surface area contributed by atoms with Crippen LogP contribution in [-0.2, 0) is 29.3 Å². The summed E-state index contributed by atoms with van der Waals surface area (Å²) < 4.78 is 52.1. The quantitative estimate of drug-likeness (QED) is 0.452. The average molecular weight is 506 g/mol. The van der Waals surface area contributed by atoms with Crippen LogP contribution in [0.15, 0.2) is 24.3 Å². The highest BCUT2D eigenvalue weighted by Gasteiger charge is 2.35. The highest BCUT2D eigenvalue weighted by Crippen LogP contribution is 2.36. The summed E-state index contributed by atoms with van der Waals surface area (Å²) in [7, 11) is 1.46. The van der Waals surface area contributed by atoms with E-state index in [0.717, 1.165) is 24.6 Å². The number of ether oxygens (including phenoxy) is 2. The number of pyridine rings is 1. The molecule has 1 fully saturated rings. The molecule has 0 unspecified atom stereocenters. The van der Waals surface area contributed by atoms with E-state index in [2.05, 4.69) is 30.9 Å². The highest BCUT2D eigenvalue weighted by atomic mass is 19.4. The molecule has 1 aliphatic heterocycles. The van der Waals surface area contributed by atoms with Crippen LogP contribution in [0.2, 0.25) is 0 Å². The number of hydrogen-bond donors (Lipinski definition) is 3. The van der Waals surface area contributed by atoms with E-state index < -0.39 is 18.0 Å². The van der Waals surface area contributed by atoms with Gasteiger partial charge in [0.15, 0.2) is 11.5 Å². The lowest BCUT2D eigenvalue weighted by Crippen LogP contribution is -2.29. The molecule has 5 rings (SSSR count). The number of anilines is 2. The summed E-state index contributed by atoms with van der Waals surface area (Å²) in [6, 6.07) is 6.20. The van der Waals surface area contributed by atoms with Gasteiger partial charge in [0.2, 0.25) is 0 Å². The number of rotatable bonds is 1. The normalized spacial score (nSPS) is 21.2. The Kier molecular flexibility index (Phi) is 6.56. The van der Waals surface area contributed by atoms with E-state index in [-0.39, 0.29) is 18.6 Å². The van der Waals surface area contributed by atoms with Gasteiger partial charge in [0.25, 0.3) is 0 Å². The Morgan fingerprint density at radius 1 is 1.14 bits per heavy atom. The van der Waals surface area contributed by atoms with E-state index in [4.69, 9.17) is 9.47 Å². The predicted molar refractivity (Wildman–Crippen MR) is 122 cm³/mol. The van der Waals surface area contributed by atoms with Crippen molar-refractivity contribution >= 4 is 17.7 Å². The third kappa shape index (κ3) is 5.45. The first-order valence-electron chi connectivity index (χ1n) is 11.7. The Morgan fingerprint density at radius 3 is 2.81 bits per heavy atom. The molecule has 0 saturated heterocycles. The molecule has 4 heterocycles. The number of aryl methyl sites for hydroxylation is 1. The lowest BCUT2D eigenvalue weighted by molar-refractivity contribution is -0.141. The lowest BCUT2D eigenvalue weighted by atomic mass is 10.0. The molecule has 6 bridgehead atoms. The molecule has 36 heavy (non-hydrogen) atoms. The van der Waals surface area contributed by atoms with Crippen LogP contribution in [0.3, 0.4) is 0 Å². The summed E-state index contributed by atoms with van der Waals surface area (Å²) >= 11 is 0. The van der Waals surface area contributed by atoms with Crippen LogP contribution in [-0.4, -0.2) is 50.3 Å². The Hall–Kier alpha value is -3.61. The second kappa shape index (κ2) is 9.80. The zero-order valence-corrected chi connectivity index (χ0v) is 19.6. The maximum Gasteiger partial charge on any atom is 0.435 e. The number of halogens is 3.